The summed E-state index contributed by atoms with van der Waals surface area (Å²) in [6.07, 6.45) is 0. The van der Waals surface area contributed by atoms with E-state index in [4.69, 9.17) is 4.79 Å². The van der Waals surface area contributed by atoms with Gasteiger partial charge >= 0.3 is 29.8 Å². The maximum absolute atomic E-state index is 8.81. The Hall–Kier alpha value is 0.601. The molecule has 0 aromatic carbocycles. The van der Waals surface area contributed by atoms with Gasteiger partial charge in [-0.2, -0.15) is 0 Å². The molecule has 23 valence electrons. The van der Waals surface area contributed by atoms with Gasteiger partial charge in [0.05, 0.1) is 0 Å². The molecule has 0 aliphatic carbocycles. The fraction of sp³-hybridized carbons (Fsp3) is 0. The van der Waals surface area contributed by atoms with Crippen molar-refractivity contribution in [1.82, 2.24) is 0 Å². The monoisotopic (exact) mass is 109 g/mol. The summed E-state index contributed by atoms with van der Waals surface area (Å²) < 4.78 is 0.750. The zero-order valence-corrected chi connectivity index (χ0v) is 3.05. The Labute approximate surface area is 41.2 Å². The van der Waals surface area contributed by atoms with E-state index in [9.17, 15) is 0 Å². The molecule has 0 amide bonds. The zero-order valence-electron chi connectivity index (χ0n) is 1.49. The number of carbonyl (C=O) groups excluding carboxylic acids is 1. The maximum Gasteiger partial charge on any atom is -0.0149 e. The van der Waals surface area contributed by atoms with Gasteiger partial charge < -0.3 is 0 Å². The second-order valence-electron chi connectivity index (χ2n) is 0.118. The van der Waals surface area contributed by atoms with E-state index in [1.54, 1.807) is 0 Å². The first kappa shape index (κ1) is 8.82. The summed E-state index contributed by atoms with van der Waals surface area (Å²) in [4.78, 5) is 8.81. The molecule has 0 fully saturated rings. The molecule has 0 heterocycles. The van der Waals surface area contributed by atoms with Gasteiger partial charge in [-0.05, 0) is 11.0 Å². The van der Waals surface area contributed by atoms with Crippen LogP contribution in [-0.4, -0.2) is 15.6 Å². The van der Waals surface area contributed by atoms with E-state index in [0.717, 1.165) is 4.59 Å². The minimum absolute atomic E-state index is 0. The Morgan fingerprint density at radius 2 is 1.75 bits per heavy atom. The number of rotatable bonds is 0. The molecule has 0 aromatic heterocycles. The van der Waals surface area contributed by atoms with Crippen LogP contribution in [0.15, 0.2) is 0 Å². The van der Waals surface area contributed by atoms with Crippen LogP contribution in [0.4, 0.5) is 0 Å². The number of hydrogen-bond acceptors (Lipinski definition) is 1. The average molecular weight is 109 g/mol. The Balaban J connectivity index is 0. The van der Waals surface area contributed by atoms with Crippen molar-refractivity contribution < 1.29 is 25.2 Å². The van der Waals surface area contributed by atoms with Crippen LogP contribution < -0.4 is 0 Å². The predicted octanol–water partition coefficient (Wildman–Crippen LogP) is -1.73. The van der Waals surface area contributed by atoms with Crippen molar-refractivity contribution >= 4 is 15.6 Å². The van der Waals surface area contributed by atoms with Crippen LogP contribution in [0.25, 0.3) is 0 Å². The van der Waals surface area contributed by atoms with Gasteiger partial charge in [-0.15, -0.1) is 0 Å². The van der Waals surface area contributed by atoms with Crippen LogP contribution in [0.1, 0.15) is 0 Å². The van der Waals surface area contributed by atoms with Crippen molar-refractivity contribution in [3.63, 3.8) is 0 Å². The first-order valence-corrected chi connectivity index (χ1v) is 1.43. The Bertz CT molecular complexity index is 15.5. The number of carbonyl (C=O) groups is 1. The van der Waals surface area contributed by atoms with E-state index >= 15 is 0 Å². The molecule has 3 heteroatoms. The molecular formula is CH5OSiTi. The molecule has 0 bridgehead atoms. The molecular weight excluding hydrogens is 104 g/mol. The molecule has 0 saturated heterocycles. The summed E-state index contributed by atoms with van der Waals surface area (Å²) in [6, 6.07) is 0. The van der Waals surface area contributed by atoms with Crippen LogP contribution in [0.2, 0.25) is 0 Å². The van der Waals surface area contributed by atoms with Gasteiger partial charge in [0, 0.05) is 0 Å². The Morgan fingerprint density at radius 3 is 1.75 bits per heavy atom. The molecule has 0 aliphatic rings. The summed E-state index contributed by atoms with van der Waals surface area (Å²) in [5, 5.41) is 0. The van der Waals surface area contributed by atoms with Crippen LogP contribution in [0, 0.1) is 0 Å². The maximum atomic E-state index is 8.81. The summed E-state index contributed by atoms with van der Waals surface area (Å²) in [7, 11) is 0. The van der Waals surface area contributed by atoms with Crippen molar-refractivity contribution in [1.29, 1.82) is 0 Å². The SMILES string of the molecule is O=[CH][Ti].[SiH4]. The normalized spacial score (nSPS) is 2.75. The van der Waals surface area contributed by atoms with Crippen molar-refractivity contribution in [3.05, 3.63) is 0 Å². The van der Waals surface area contributed by atoms with Gasteiger partial charge in [0.2, 0.25) is 0 Å². The minimum Gasteiger partial charge on any atom is -0.0149 e. The second kappa shape index (κ2) is 9.50. The molecule has 0 rings (SSSR count). The minimum atomic E-state index is 0. The molecule has 1 nitrogen and oxygen atoms in total. The summed E-state index contributed by atoms with van der Waals surface area (Å²) >= 11 is 1.44. The third-order valence-electron chi connectivity index (χ3n) is 0. The molecule has 0 unspecified atom stereocenters. The molecule has 0 radical (unpaired) electrons. The summed E-state index contributed by atoms with van der Waals surface area (Å²) in [6.45, 7) is 0. The topological polar surface area (TPSA) is 17.1 Å². The predicted molar refractivity (Wildman–Crippen MR) is 18.1 cm³/mol. The van der Waals surface area contributed by atoms with Crippen molar-refractivity contribution in [2.75, 3.05) is 0 Å². The van der Waals surface area contributed by atoms with E-state index in [-0.39, 0.29) is 11.0 Å². The van der Waals surface area contributed by atoms with E-state index in [0.29, 0.717) is 0 Å². The van der Waals surface area contributed by atoms with Gasteiger partial charge in [0.1, 0.15) is 0 Å². The standard InChI is InChI=1S/CHO.H4Si.Ti/c1-2;;/h1H;1H4;. The van der Waals surface area contributed by atoms with Gasteiger partial charge in [-0.1, -0.05) is 0 Å². The third kappa shape index (κ3) is 18.5. The molecule has 4 heavy (non-hydrogen) atoms. The first-order valence-electron chi connectivity index (χ1n) is 0.524. The summed E-state index contributed by atoms with van der Waals surface area (Å²) in [5.41, 5.74) is 0. The van der Waals surface area contributed by atoms with Gasteiger partial charge in [0.15, 0.2) is 0 Å². The first-order chi connectivity index (χ1) is 1.41. The Kier molecular flexibility index (Phi) is 21.0. The van der Waals surface area contributed by atoms with Gasteiger partial charge in [-0.3, -0.25) is 0 Å². The molecule has 0 aliphatic heterocycles. The van der Waals surface area contributed by atoms with E-state index in [1.807, 2.05) is 0 Å². The van der Waals surface area contributed by atoms with Crippen LogP contribution in [0.3, 0.4) is 0 Å². The Morgan fingerprint density at radius 1 is 1.75 bits per heavy atom. The fourth-order valence-corrected chi connectivity index (χ4v) is 0. The van der Waals surface area contributed by atoms with Crippen molar-refractivity contribution in [3.8, 4) is 0 Å². The second-order valence-corrected chi connectivity index (χ2v) is 0.486. The number of hydrogen-bond donors (Lipinski definition) is 0. The van der Waals surface area contributed by atoms with E-state index in [2.05, 4.69) is 0 Å². The molecule has 0 atom stereocenters. The largest absolute Gasteiger partial charge is 0.0149 e. The van der Waals surface area contributed by atoms with Crippen molar-refractivity contribution in [2.45, 2.75) is 0 Å². The van der Waals surface area contributed by atoms with Crippen LogP contribution in [0.5, 0.6) is 0 Å². The van der Waals surface area contributed by atoms with Crippen LogP contribution in [-0.2, 0) is 25.2 Å². The van der Waals surface area contributed by atoms with Gasteiger partial charge in [-0.25, -0.2) is 0 Å². The average Bonchev–Trinajstić information content (AvgIpc) is 0.918. The summed E-state index contributed by atoms with van der Waals surface area (Å²) in [5.74, 6) is 0. The van der Waals surface area contributed by atoms with Crippen molar-refractivity contribution in [2.24, 2.45) is 0 Å². The molecule has 0 saturated carbocycles. The fourth-order valence-electron chi connectivity index (χ4n) is 0. The quantitative estimate of drug-likeness (QED) is 0.267. The van der Waals surface area contributed by atoms with E-state index < -0.39 is 0 Å². The smallest absolute Gasteiger partial charge is 0.0149 e. The van der Waals surface area contributed by atoms with Crippen LogP contribution >= 0.6 is 0 Å². The third-order valence-corrected chi connectivity index (χ3v) is 0. The molecule has 0 N–H and O–H groups in total. The molecule has 0 spiro atoms. The zero-order chi connectivity index (χ0) is 2.71. The van der Waals surface area contributed by atoms with Gasteiger partial charge in [0.25, 0.3) is 0 Å². The molecule has 0 aromatic rings. The van der Waals surface area contributed by atoms with E-state index in [1.165, 1.54) is 20.4 Å².